The molecule has 158 valence electrons. The van der Waals surface area contributed by atoms with Crippen LogP contribution in [0, 0.1) is 0 Å². The lowest BCUT2D eigenvalue weighted by Gasteiger charge is -2.11. The highest BCUT2D eigenvalue weighted by Gasteiger charge is 2.46. The second kappa shape index (κ2) is 8.35. The molecule has 3 heterocycles. The summed E-state index contributed by atoms with van der Waals surface area (Å²) in [5.74, 6) is -0.864. The maximum atomic E-state index is 13.5. The Balaban J connectivity index is 2.00. The highest BCUT2D eigenvalue weighted by atomic mass is 35.5. The molecule has 7 nitrogen and oxygen atoms in total. The van der Waals surface area contributed by atoms with Crippen LogP contribution in [0.4, 0.5) is 0 Å². The van der Waals surface area contributed by atoms with Crippen molar-refractivity contribution in [2.24, 2.45) is 0 Å². The minimum atomic E-state index is -0.456. The lowest BCUT2D eigenvalue weighted by Crippen LogP contribution is -2.39. The molecule has 31 heavy (non-hydrogen) atoms. The van der Waals surface area contributed by atoms with Crippen molar-refractivity contribution in [3.8, 4) is 5.69 Å². The standard InChI is InChI=1S/C23H21ClN4O3/c1-3-11-27-21(29)19(20(23(27)31)26-12-6-5-7-13-26)18-17(4-2)25-28(22(18)30)16-10-8-9-15(24)14-16/h5-10,12-14H,3-4,11H2,1-2H3/p+1. The number of hydrogen-bond donors (Lipinski definition) is 1. The third-order valence-electron chi connectivity index (χ3n) is 5.20. The Hall–Kier alpha value is -3.45. The molecule has 1 aliphatic heterocycles. The largest absolute Gasteiger partial charge is 0.326 e. The Morgan fingerprint density at radius 3 is 2.39 bits per heavy atom. The molecule has 3 aromatic rings. The highest BCUT2D eigenvalue weighted by Crippen LogP contribution is 2.30. The Morgan fingerprint density at radius 2 is 1.74 bits per heavy atom. The van der Waals surface area contributed by atoms with Gasteiger partial charge in [0.25, 0.3) is 17.2 Å². The molecular formula is C23H22ClN4O3+. The first-order valence-corrected chi connectivity index (χ1v) is 10.5. The van der Waals surface area contributed by atoms with E-state index >= 15 is 0 Å². The van der Waals surface area contributed by atoms with Crippen LogP contribution < -0.4 is 10.1 Å². The third kappa shape index (κ3) is 3.51. The maximum Gasteiger partial charge on any atom is 0.326 e. The average Bonchev–Trinajstić information content (AvgIpc) is 3.22. The minimum absolute atomic E-state index is 0.119. The summed E-state index contributed by atoms with van der Waals surface area (Å²) in [6.45, 7) is 4.07. The first-order chi connectivity index (χ1) is 15.0. The molecule has 1 aliphatic rings. The number of pyridine rings is 1. The van der Waals surface area contributed by atoms with Crippen molar-refractivity contribution in [2.45, 2.75) is 26.7 Å². The van der Waals surface area contributed by atoms with Gasteiger partial charge in [-0.05, 0) is 31.0 Å². The van der Waals surface area contributed by atoms with E-state index in [4.69, 9.17) is 11.6 Å². The second-order valence-electron chi connectivity index (χ2n) is 7.21. The number of rotatable bonds is 6. The first-order valence-electron chi connectivity index (χ1n) is 10.1. The highest BCUT2D eigenvalue weighted by molar-refractivity contribution is 6.44. The number of amides is 2. The van der Waals surface area contributed by atoms with Gasteiger partial charge in [-0.3, -0.25) is 24.4 Å². The molecule has 0 saturated heterocycles. The molecule has 0 fully saturated rings. The second-order valence-corrected chi connectivity index (χ2v) is 7.64. The van der Waals surface area contributed by atoms with E-state index in [2.05, 4.69) is 5.10 Å². The molecule has 0 aliphatic carbocycles. The number of benzene rings is 1. The zero-order valence-electron chi connectivity index (χ0n) is 17.3. The normalized spacial score (nSPS) is 14.1. The number of hydrogen-bond acceptors (Lipinski definition) is 3. The number of H-pyrrole nitrogens is 1. The van der Waals surface area contributed by atoms with E-state index in [1.54, 1.807) is 53.4 Å². The molecule has 2 amide bonds. The average molecular weight is 438 g/mol. The third-order valence-corrected chi connectivity index (χ3v) is 5.44. The molecule has 1 N–H and O–H groups in total. The van der Waals surface area contributed by atoms with Crippen LogP contribution in [0.2, 0.25) is 5.02 Å². The van der Waals surface area contributed by atoms with Crippen LogP contribution in [-0.2, 0) is 16.0 Å². The van der Waals surface area contributed by atoms with Crippen molar-refractivity contribution in [1.82, 2.24) is 14.7 Å². The maximum absolute atomic E-state index is 13.5. The van der Waals surface area contributed by atoms with Gasteiger partial charge in [-0.15, -0.1) is 0 Å². The SMILES string of the molecule is CCCN1C(=O)C(c2c(CC)[nH]n(-c3cccc(Cl)c3)c2=O)=C([n+]2ccccc2)C1=O. The van der Waals surface area contributed by atoms with Gasteiger partial charge in [-0.1, -0.05) is 37.6 Å². The number of aromatic nitrogens is 3. The lowest BCUT2D eigenvalue weighted by atomic mass is 10.0. The van der Waals surface area contributed by atoms with E-state index in [1.807, 2.05) is 19.9 Å². The van der Waals surface area contributed by atoms with Gasteiger partial charge in [0.2, 0.25) is 0 Å². The summed E-state index contributed by atoms with van der Waals surface area (Å²) < 4.78 is 2.96. The summed E-state index contributed by atoms with van der Waals surface area (Å²) in [5, 5.41) is 3.58. The Labute approximate surface area is 184 Å². The van der Waals surface area contributed by atoms with Crippen molar-refractivity contribution in [3.63, 3.8) is 0 Å². The van der Waals surface area contributed by atoms with E-state index in [0.29, 0.717) is 29.2 Å². The Morgan fingerprint density at radius 1 is 1.00 bits per heavy atom. The number of imide groups is 1. The summed E-state index contributed by atoms with van der Waals surface area (Å²) in [6, 6.07) is 12.2. The van der Waals surface area contributed by atoms with E-state index in [9.17, 15) is 14.4 Å². The molecule has 0 unspecified atom stereocenters. The topological polar surface area (TPSA) is 79.1 Å². The fourth-order valence-corrected chi connectivity index (χ4v) is 3.98. The van der Waals surface area contributed by atoms with Gasteiger partial charge in [0.15, 0.2) is 12.4 Å². The minimum Gasteiger partial charge on any atom is -0.294 e. The lowest BCUT2D eigenvalue weighted by molar-refractivity contribution is -0.576. The van der Waals surface area contributed by atoms with Crippen LogP contribution >= 0.6 is 11.6 Å². The van der Waals surface area contributed by atoms with Gasteiger partial charge in [-0.25, -0.2) is 4.68 Å². The van der Waals surface area contributed by atoms with E-state index in [-0.39, 0.29) is 23.4 Å². The van der Waals surface area contributed by atoms with Crippen LogP contribution in [0.15, 0.2) is 59.7 Å². The number of nitrogens with zero attached hydrogens (tertiary/aromatic N) is 3. The van der Waals surface area contributed by atoms with Gasteiger partial charge in [-0.2, -0.15) is 4.57 Å². The summed E-state index contributed by atoms with van der Waals surface area (Å²) in [5.41, 5.74) is 1.24. The number of halogens is 1. The van der Waals surface area contributed by atoms with Crippen LogP contribution in [-0.4, -0.2) is 33.0 Å². The summed E-state index contributed by atoms with van der Waals surface area (Å²) >= 11 is 6.11. The van der Waals surface area contributed by atoms with Crippen molar-refractivity contribution in [2.75, 3.05) is 6.54 Å². The summed E-state index contributed by atoms with van der Waals surface area (Å²) in [4.78, 5) is 41.3. The fourth-order valence-electron chi connectivity index (χ4n) is 3.80. The zero-order chi connectivity index (χ0) is 22.1. The number of nitrogens with one attached hydrogen (secondary N) is 1. The smallest absolute Gasteiger partial charge is 0.294 e. The predicted octanol–water partition coefficient (Wildman–Crippen LogP) is 2.82. The van der Waals surface area contributed by atoms with Gasteiger partial charge < -0.3 is 0 Å². The molecule has 8 heteroatoms. The van der Waals surface area contributed by atoms with Crippen molar-refractivity contribution < 1.29 is 14.2 Å². The number of carbonyl (C=O) groups is 2. The van der Waals surface area contributed by atoms with Crippen LogP contribution in [0.1, 0.15) is 31.5 Å². The zero-order valence-corrected chi connectivity index (χ0v) is 18.0. The van der Waals surface area contributed by atoms with E-state index in [1.165, 1.54) is 9.58 Å². The molecule has 2 aromatic heterocycles. The van der Waals surface area contributed by atoms with Crippen LogP contribution in [0.3, 0.4) is 0 Å². The molecule has 0 atom stereocenters. The van der Waals surface area contributed by atoms with Crippen LogP contribution in [0.5, 0.6) is 0 Å². The summed E-state index contributed by atoms with van der Waals surface area (Å²) in [6.07, 6.45) is 4.50. The van der Waals surface area contributed by atoms with Gasteiger partial charge >= 0.3 is 5.91 Å². The number of carbonyl (C=O) groups excluding carboxylic acids is 2. The summed E-state index contributed by atoms with van der Waals surface area (Å²) in [7, 11) is 0. The van der Waals surface area contributed by atoms with E-state index in [0.717, 1.165) is 0 Å². The molecule has 0 radical (unpaired) electrons. The van der Waals surface area contributed by atoms with E-state index < -0.39 is 17.4 Å². The van der Waals surface area contributed by atoms with Crippen LogP contribution in [0.25, 0.3) is 17.0 Å². The van der Waals surface area contributed by atoms with Crippen molar-refractivity contribution in [3.05, 3.63) is 81.5 Å². The van der Waals surface area contributed by atoms with Gasteiger partial charge in [0.05, 0.1) is 11.3 Å². The monoisotopic (exact) mass is 437 g/mol. The molecule has 0 saturated carbocycles. The molecular weight excluding hydrogens is 416 g/mol. The molecule has 4 rings (SSSR count). The number of aromatic amines is 1. The van der Waals surface area contributed by atoms with Gasteiger partial charge in [0.1, 0.15) is 5.57 Å². The first kappa shape index (κ1) is 20.8. The Kier molecular flexibility index (Phi) is 5.61. The van der Waals surface area contributed by atoms with Gasteiger partial charge in [0, 0.05) is 29.4 Å². The van der Waals surface area contributed by atoms with Crippen molar-refractivity contribution >= 4 is 34.7 Å². The predicted molar refractivity (Wildman–Crippen MR) is 118 cm³/mol. The van der Waals surface area contributed by atoms with Crippen molar-refractivity contribution in [1.29, 1.82) is 0 Å². The number of aryl methyl sites for hydroxylation is 1. The molecule has 1 aromatic carbocycles. The fraction of sp³-hybridized carbons (Fsp3) is 0.217. The Bertz CT molecular complexity index is 1260. The molecule has 0 spiro atoms. The quantitative estimate of drug-likeness (QED) is 0.475. The molecule has 0 bridgehead atoms.